The van der Waals surface area contributed by atoms with E-state index in [1.807, 2.05) is 37.3 Å². The fraction of sp³-hybridized carbons (Fsp3) is 0.450. The maximum absolute atomic E-state index is 12.8. The molecule has 1 amide bonds. The van der Waals surface area contributed by atoms with Crippen molar-refractivity contribution >= 4 is 5.91 Å². The molecule has 0 unspecified atom stereocenters. The first kappa shape index (κ1) is 19.1. The van der Waals surface area contributed by atoms with E-state index in [9.17, 15) is 4.79 Å². The summed E-state index contributed by atoms with van der Waals surface area (Å²) in [7, 11) is 3.42. The molecule has 0 bridgehead atoms. The number of hydrogen-bond acceptors (Lipinski definition) is 4. The zero-order valence-corrected chi connectivity index (χ0v) is 15.8. The number of hydrogen-bond donors (Lipinski definition) is 0. The molecule has 0 aliphatic rings. The number of rotatable bonds is 8. The molecule has 1 aromatic carbocycles. The molecule has 1 atom stereocenters. The van der Waals surface area contributed by atoms with Crippen molar-refractivity contribution in [2.24, 2.45) is 0 Å². The van der Waals surface area contributed by atoms with Crippen molar-refractivity contribution in [2.45, 2.75) is 33.4 Å². The molecular weight excluding hydrogens is 316 g/mol. The molecule has 0 aliphatic heterocycles. The smallest absolute Gasteiger partial charge is 0.289 e. The zero-order chi connectivity index (χ0) is 18.4. The van der Waals surface area contributed by atoms with Crippen LogP contribution in [0.15, 0.2) is 40.8 Å². The quantitative estimate of drug-likeness (QED) is 0.727. The molecule has 1 aromatic heterocycles. The van der Waals surface area contributed by atoms with Crippen LogP contribution in [0.3, 0.4) is 0 Å². The van der Waals surface area contributed by atoms with Gasteiger partial charge < -0.3 is 14.1 Å². The van der Waals surface area contributed by atoms with E-state index in [1.54, 1.807) is 25.1 Å². The number of methoxy groups -OCH3 is 1. The first-order chi connectivity index (χ1) is 12.0. The molecule has 0 N–H and O–H groups in total. The van der Waals surface area contributed by atoms with Crippen LogP contribution in [0.25, 0.3) is 0 Å². The lowest BCUT2D eigenvalue weighted by Gasteiger charge is -2.25. The molecule has 0 saturated heterocycles. The molecule has 5 nitrogen and oxygen atoms in total. The minimum atomic E-state index is -0.135. The summed E-state index contributed by atoms with van der Waals surface area (Å²) in [5.74, 6) is 1.82. The molecular formula is C20H28N2O3. The number of amides is 1. The van der Waals surface area contributed by atoms with E-state index >= 15 is 0 Å². The highest BCUT2D eigenvalue weighted by molar-refractivity contribution is 5.91. The number of carbonyl (C=O) groups is 1. The van der Waals surface area contributed by atoms with Gasteiger partial charge in [-0.15, -0.1) is 0 Å². The standard InChI is InChI=1S/C20H28N2O3/c1-6-22(7-2)14-16-12-13-19(25-16)20(23)21(4)15(3)17-10-8-9-11-18(17)24-5/h8-13,15H,6-7,14H2,1-5H3/t15-/m0/s1. The van der Waals surface area contributed by atoms with Crippen LogP contribution in [0.1, 0.15) is 48.7 Å². The molecule has 0 spiro atoms. The number of furan rings is 1. The molecule has 5 heteroatoms. The Hall–Kier alpha value is -2.27. The van der Waals surface area contributed by atoms with Gasteiger partial charge in [-0.05, 0) is 38.2 Å². The monoisotopic (exact) mass is 344 g/mol. The molecule has 2 aromatic rings. The lowest BCUT2D eigenvalue weighted by atomic mass is 10.1. The molecule has 0 saturated carbocycles. The lowest BCUT2D eigenvalue weighted by molar-refractivity contribution is 0.0705. The molecule has 1 heterocycles. The summed E-state index contributed by atoms with van der Waals surface area (Å²) in [6.45, 7) is 8.82. The zero-order valence-electron chi connectivity index (χ0n) is 15.8. The van der Waals surface area contributed by atoms with Crippen LogP contribution in [0.2, 0.25) is 0 Å². The SMILES string of the molecule is CCN(CC)Cc1ccc(C(=O)N(C)[C@@H](C)c2ccccc2OC)o1. The molecule has 2 rings (SSSR count). The van der Waals surface area contributed by atoms with Gasteiger partial charge in [0.2, 0.25) is 0 Å². The Morgan fingerprint density at radius 2 is 1.84 bits per heavy atom. The first-order valence-corrected chi connectivity index (χ1v) is 8.72. The van der Waals surface area contributed by atoms with E-state index in [4.69, 9.17) is 9.15 Å². The Morgan fingerprint density at radius 3 is 2.48 bits per heavy atom. The average Bonchev–Trinajstić information content (AvgIpc) is 3.12. The number of carbonyl (C=O) groups excluding carboxylic acids is 1. The molecule has 136 valence electrons. The van der Waals surface area contributed by atoms with Crippen LogP contribution in [0.4, 0.5) is 0 Å². The van der Waals surface area contributed by atoms with Crippen molar-refractivity contribution in [3.05, 3.63) is 53.5 Å². The number of benzene rings is 1. The molecule has 25 heavy (non-hydrogen) atoms. The van der Waals surface area contributed by atoms with E-state index in [2.05, 4.69) is 18.7 Å². The van der Waals surface area contributed by atoms with Crippen LogP contribution >= 0.6 is 0 Å². The van der Waals surface area contributed by atoms with Crippen molar-refractivity contribution < 1.29 is 13.9 Å². The van der Waals surface area contributed by atoms with Crippen LogP contribution in [-0.2, 0) is 6.54 Å². The second kappa shape index (κ2) is 8.72. The maximum Gasteiger partial charge on any atom is 0.289 e. The van der Waals surface area contributed by atoms with Crippen molar-refractivity contribution in [2.75, 3.05) is 27.2 Å². The third kappa shape index (κ3) is 4.42. The van der Waals surface area contributed by atoms with Gasteiger partial charge in [0.25, 0.3) is 5.91 Å². The molecule has 0 radical (unpaired) electrons. The van der Waals surface area contributed by atoms with Gasteiger partial charge in [0.1, 0.15) is 11.5 Å². The van der Waals surface area contributed by atoms with E-state index in [0.717, 1.165) is 30.2 Å². The first-order valence-electron chi connectivity index (χ1n) is 8.72. The predicted molar refractivity (Wildman–Crippen MR) is 98.8 cm³/mol. The Morgan fingerprint density at radius 1 is 1.16 bits per heavy atom. The van der Waals surface area contributed by atoms with Crippen LogP contribution in [0.5, 0.6) is 5.75 Å². The summed E-state index contributed by atoms with van der Waals surface area (Å²) in [5.41, 5.74) is 0.968. The molecule has 0 fully saturated rings. The van der Waals surface area contributed by atoms with Gasteiger partial charge in [-0.2, -0.15) is 0 Å². The Bertz CT molecular complexity index is 692. The Labute approximate surface area is 150 Å². The highest BCUT2D eigenvalue weighted by Crippen LogP contribution is 2.29. The van der Waals surface area contributed by atoms with Gasteiger partial charge in [-0.3, -0.25) is 9.69 Å². The Balaban J connectivity index is 2.13. The summed E-state index contributed by atoms with van der Waals surface area (Å²) in [4.78, 5) is 16.7. The van der Waals surface area contributed by atoms with E-state index in [1.165, 1.54) is 0 Å². The van der Waals surface area contributed by atoms with Crippen molar-refractivity contribution in [1.29, 1.82) is 0 Å². The van der Waals surface area contributed by atoms with Gasteiger partial charge in [-0.1, -0.05) is 32.0 Å². The largest absolute Gasteiger partial charge is 0.496 e. The topological polar surface area (TPSA) is 45.9 Å². The summed E-state index contributed by atoms with van der Waals surface area (Å²) < 4.78 is 11.2. The highest BCUT2D eigenvalue weighted by Gasteiger charge is 2.23. The van der Waals surface area contributed by atoms with Gasteiger partial charge in [0, 0.05) is 12.6 Å². The fourth-order valence-corrected chi connectivity index (χ4v) is 2.82. The van der Waals surface area contributed by atoms with E-state index < -0.39 is 0 Å². The van der Waals surface area contributed by atoms with Crippen molar-refractivity contribution in [1.82, 2.24) is 9.80 Å². The number of ether oxygens (including phenoxy) is 1. The number of para-hydroxylation sites is 1. The van der Waals surface area contributed by atoms with Crippen molar-refractivity contribution in [3.63, 3.8) is 0 Å². The van der Waals surface area contributed by atoms with Gasteiger partial charge in [0.05, 0.1) is 19.7 Å². The van der Waals surface area contributed by atoms with Gasteiger partial charge in [-0.25, -0.2) is 0 Å². The summed E-state index contributed by atoms with van der Waals surface area (Å²) in [6, 6.07) is 11.3. The molecule has 0 aliphatic carbocycles. The second-order valence-corrected chi connectivity index (χ2v) is 6.06. The fourth-order valence-electron chi connectivity index (χ4n) is 2.82. The Kier molecular flexibility index (Phi) is 6.65. The maximum atomic E-state index is 12.8. The average molecular weight is 344 g/mol. The van der Waals surface area contributed by atoms with Crippen molar-refractivity contribution in [3.8, 4) is 5.75 Å². The normalized spacial score (nSPS) is 12.2. The number of nitrogens with zero attached hydrogens (tertiary/aromatic N) is 2. The van der Waals surface area contributed by atoms with E-state index in [0.29, 0.717) is 12.3 Å². The predicted octanol–water partition coefficient (Wildman–Crippen LogP) is 3.96. The minimum Gasteiger partial charge on any atom is -0.496 e. The summed E-state index contributed by atoms with van der Waals surface area (Å²) in [6.07, 6.45) is 0. The lowest BCUT2D eigenvalue weighted by Crippen LogP contribution is -2.29. The van der Waals surface area contributed by atoms with E-state index in [-0.39, 0.29) is 11.9 Å². The van der Waals surface area contributed by atoms with Gasteiger partial charge in [0.15, 0.2) is 5.76 Å². The summed E-state index contributed by atoms with van der Waals surface area (Å²) in [5, 5.41) is 0. The second-order valence-electron chi connectivity index (χ2n) is 6.06. The van der Waals surface area contributed by atoms with Crippen LogP contribution in [-0.4, -0.2) is 43.0 Å². The third-order valence-corrected chi connectivity index (χ3v) is 4.64. The highest BCUT2D eigenvalue weighted by atomic mass is 16.5. The van der Waals surface area contributed by atoms with Crippen LogP contribution in [0, 0.1) is 0 Å². The van der Waals surface area contributed by atoms with Gasteiger partial charge >= 0.3 is 0 Å². The summed E-state index contributed by atoms with van der Waals surface area (Å²) >= 11 is 0. The third-order valence-electron chi connectivity index (χ3n) is 4.64. The van der Waals surface area contributed by atoms with Crippen LogP contribution < -0.4 is 4.74 Å². The minimum absolute atomic E-state index is 0.125.